The first-order valence-electron chi connectivity index (χ1n) is 6.74. The molecule has 0 radical (unpaired) electrons. The summed E-state index contributed by atoms with van der Waals surface area (Å²) < 4.78 is 0. The second kappa shape index (κ2) is 6.40. The number of hydrogen-bond donors (Lipinski definition) is 0. The molecule has 0 N–H and O–H groups in total. The second-order valence-corrected chi connectivity index (χ2v) is 6.84. The number of hydrogen-bond acceptors (Lipinski definition) is 3. The summed E-state index contributed by atoms with van der Waals surface area (Å²) in [5.74, 6) is -0.692. The molecule has 2 amide bonds. The minimum absolute atomic E-state index is 0.313. The lowest BCUT2D eigenvalue weighted by Gasteiger charge is -2.07. The number of carbonyl (C=O) groups is 2. The van der Waals surface area contributed by atoms with Gasteiger partial charge in [-0.15, -0.1) is 0 Å². The summed E-state index contributed by atoms with van der Waals surface area (Å²) >= 11 is 13.4. The molecular weight excluding hydrogens is 353 g/mol. The van der Waals surface area contributed by atoms with Crippen molar-refractivity contribution in [2.45, 2.75) is 4.90 Å². The van der Waals surface area contributed by atoms with Gasteiger partial charge in [-0.05, 0) is 24.3 Å². The highest BCUT2D eigenvalue weighted by molar-refractivity contribution is 8.04. The average Bonchev–Trinajstić information content (AvgIpc) is 2.74. The first-order valence-corrected chi connectivity index (χ1v) is 8.31. The fourth-order valence-corrected chi connectivity index (χ4v) is 3.80. The Balaban J connectivity index is 2.14. The van der Waals surface area contributed by atoms with Crippen LogP contribution in [0.5, 0.6) is 0 Å². The standard InChI is InChI=1S/C17H11Cl2NO2S/c1-20-16(21)14(12-8-7-10(18)9-13(12)19)15(17(20)22)23-11-5-3-2-4-6-11/h2-9H,1H3. The van der Waals surface area contributed by atoms with E-state index >= 15 is 0 Å². The van der Waals surface area contributed by atoms with Crippen molar-refractivity contribution in [3.63, 3.8) is 0 Å². The third kappa shape index (κ3) is 3.02. The molecule has 1 aliphatic heterocycles. The molecule has 0 aliphatic carbocycles. The quantitative estimate of drug-likeness (QED) is 0.753. The van der Waals surface area contributed by atoms with Crippen LogP contribution in [-0.4, -0.2) is 23.8 Å². The molecule has 6 heteroatoms. The maximum absolute atomic E-state index is 12.5. The highest BCUT2D eigenvalue weighted by Crippen LogP contribution is 2.41. The summed E-state index contributed by atoms with van der Waals surface area (Å²) in [6, 6.07) is 14.3. The van der Waals surface area contributed by atoms with Crippen molar-refractivity contribution in [2.75, 3.05) is 7.05 Å². The summed E-state index contributed by atoms with van der Waals surface area (Å²) in [6.07, 6.45) is 0. The number of benzene rings is 2. The van der Waals surface area contributed by atoms with Crippen LogP contribution in [0.1, 0.15) is 5.56 Å². The fraction of sp³-hybridized carbons (Fsp3) is 0.0588. The molecule has 116 valence electrons. The van der Waals surface area contributed by atoms with E-state index in [0.29, 0.717) is 26.1 Å². The van der Waals surface area contributed by atoms with Gasteiger partial charge in [0.05, 0.1) is 15.5 Å². The van der Waals surface area contributed by atoms with E-state index in [9.17, 15) is 9.59 Å². The van der Waals surface area contributed by atoms with Gasteiger partial charge in [-0.25, -0.2) is 0 Å². The first-order chi connectivity index (χ1) is 11.0. The molecule has 0 atom stereocenters. The Morgan fingerprint density at radius 2 is 1.65 bits per heavy atom. The van der Waals surface area contributed by atoms with Crippen LogP contribution >= 0.6 is 35.0 Å². The smallest absolute Gasteiger partial charge is 0.268 e. The van der Waals surface area contributed by atoms with Crippen molar-refractivity contribution in [3.05, 3.63) is 69.0 Å². The number of halogens is 2. The van der Waals surface area contributed by atoms with Crippen LogP contribution in [0.2, 0.25) is 10.0 Å². The maximum atomic E-state index is 12.5. The number of nitrogens with zero attached hydrogens (tertiary/aromatic N) is 1. The molecule has 3 rings (SSSR count). The molecule has 0 bridgehead atoms. The van der Waals surface area contributed by atoms with Crippen molar-refractivity contribution in [1.29, 1.82) is 0 Å². The third-order valence-corrected chi connectivity index (χ3v) is 5.05. The Morgan fingerprint density at radius 3 is 2.30 bits per heavy atom. The lowest BCUT2D eigenvalue weighted by Crippen LogP contribution is -2.26. The molecular formula is C17H11Cl2NO2S. The van der Waals surface area contributed by atoms with E-state index in [1.165, 1.54) is 18.8 Å². The Labute approximate surface area is 147 Å². The van der Waals surface area contributed by atoms with E-state index in [-0.39, 0.29) is 11.8 Å². The summed E-state index contributed by atoms with van der Waals surface area (Å²) in [5, 5.41) is 0.817. The van der Waals surface area contributed by atoms with E-state index in [0.717, 1.165) is 9.80 Å². The van der Waals surface area contributed by atoms with Crippen LogP contribution in [0, 0.1) is 0 Å². The van der Waals surface area contributed by atoms with Gasteiger partial charge in [0, 0.05) is 22.5 Å². The van der Waals surface area contributed by atoms with Crippen LogP contribution < -0.4 is 0 Å². The van der Waals surface area contributed by atoms with Gasteiger partial charge in [-0.1, -0.05) is 59.2 Å². The van der Waals surface area contributed by atoms with Gasteiger partial charge in [-0.3, -0.25) is 14.5 Å². The molecule has 2 aromatic carbocycles. The zero-order valence-electron chi connectivity index (χ0n) is 12.0. The number of amides is 2. The Kier molecular flexibility index (Phi) is 4.48. The third-order valence-electron chi connectivity index (χ3n) is 3.41. The molecule has 0 aromatic heterocycles. The lowest BCUT2D eigenvalue weighted by atomic mass is 10.1. The van der Waals surface area contributed by atoms with E-state index < -0.39 is 0 Å². The summed E-state index contributed by atoms with van der Waals surface area (Å²) in [5.41, 5.74) is 0.824. The van der Waals surface area contributed by atoms with Gasteiger partial charge >= 0.3 is 0 Å². The van der Waals surface area contributed by atoms with E-state index in [1.54, 1.807) is 18.2 Å². The van der Waals surface area contributed by atoms with Crippen LogP contribution in [0.15, 0.2) is 58.3 Å². The molecule has 0 unspecified atom stereocenters. The number of likely N-dealkylation sites (N-methyl/N-ethyl adjacent to an activating group) is 1. The van der Waals surface area contributed by atoms with Crippen LogP contribution in [0.4, 0.5) is 0 Å². The second-order valence-electron chi connectivity index (χ2n) is 4.91. The van der Waals surface area contributed by atoms with Crippen LogP contribution in [-0.2, 0) is 9.59 Å². The molecule has 1 heterocycles. The van der Waals surface area contributed by atoms with Crippen molar-refractivity contribution in [2.24, 2.45) is 0 Å². The van der Waals surface area contributed by atoms with Crippen molar-refractivity contribution >= 4 is 52.4 Å². The predicted molar refractivity (Wildman–Crippen MR) is 93.5 cm³/mol. The van der Waals surface area contributed by atoms with Gasteiger partial charge in [-0.2, -0.15) is 0 Å². The summed E-state index contributed by atoms with van der Waals surface area (Å²) in [7, 11) is 1.47. The van der Waals surface area contributed by atoms with Crippen molar-refractivity contribution in [1.82, 2.24) is 4.90 Å². The number of rotatable bonds is 3. The van der Waals surface area contributed by atoms with E-state index in [2.05, 4.69) is 0 Å². The monoisotopic (exact) mass is 363 g/mol. The predicted octanol–water partition coefficient (Wildman–Crippen LogP) is 4.50. The molecule has 0 saturated carbocycles. The molecule has 0 spiro atoms. The maximum Gasteiger partial charge on any atom is 0.268 e. The van der Waals surface area contributed by atoms with Gasteiger partial charge in [0.2, 0.25) is 0 Å². The molecule has 1 aliphatic rings. The zero-order valence-corrected chi connectivity index (χ0v) is 14.4. The molecule has 2 aromatic rings. The topological polar surface area (TPSA) is 37.4 Å². The minimum Gasteiger partial charge on any atom is -0.277 e. The Hall–Kier alpha value is -1.75. The average molecular weight is 364 g/mol. The zero-order chi connectivity index (χ0) is 16.6. The normalized spacial score (nSPS) is 14.8. The Bertz CT molecular complexity index is 834. The van der Waals surface area contributed by atoms with Gasteiger partial charge < -0.3 is 0 Å². The lowest BCUT2D eigenvalue weighted by molar-refractivity contribution is -0.134. The SMILES string of the molecule is CN1C(=O)C(Sc2ccccc2)=C(c2ccc(Cl)cc2Cl)C1=O. The highest BCUT2D eigenvalue weighted by atomic mass is 35.5. The van der Waals surface area contributed by atoms with Crippen molar-refractivity contribution in [3.8, 4) is 0 Å². The van der Waals surface area contributed by atoms with E-state index in [1.807, 2.05) is 30.3 Å². The number of thioether (sulfide) groups is 1. The highest BCUT2D eigenvalue weighted by Gasteiger charge is 2.37. The number of imide groups is 1. The molecule has 0 saturated heterocycles. The Morgan fingerprint density at radius 1 is 0.957 bits per heavy atom. The van der Waals surface area contributed by atoms with E-state index in [4.69, 9.17) is 23.2 Å². The van der Waals surface area contributed by atoms with Crippen LogP contribution in [0.25, 0.3) is 5.57 Å². The molecule has 0 fully saturated rings. The van der Waals surface area contributed by atoms with Gasteiger partial charge in [0.25, 0.3) is 11.8 Å². The van der Waals surface area contributed by atoms with Crippen LogP contribution in [0.3, 0.4) is 0 Å². The first kappa shape index (κ1) is 16.1. The van der Waals surface area contributed by atoms with Gasteiger partial charge in [0.15, 0.2) is 0 Å². The van der Waals surface area contributed by atoms with Gasteiger partial charge in [0.1, 0.15) is 0 Å². The minimum atomic E-state index is -0.363. The summed E-state index contributed by atoms with van der Waals surface area (Å²) in [4.78, 5) is 27.3. The molecule has 23 heavy (non-hydrogen) atoms. The fourth-order valence-electron chi connectivity index (χ4n) is 2.25. The number of carbonyl (C=O) groups excluding carboxylic acids is 2. The summed E-state index contributed by atoms with van der Waals surface area (Å²) in [6.45, 7) is 0. The largest absolute Gasteiger partial charge is 0.277 e. The van der Waals surface area contributed by atoms with Crippen molar-refractivity contribution < 1.29 is 9.59 Å². The molecule has 3 nitrogen and oxygen atoms in total.